The van der Waals surface area contributed by atoms with Gasteiger partial charge in [0.25, 0.3) is 0 Å². The second kappa shape index (κ2) is 3.76. The summed E-state index contributed by atoms with van der Waals surface area (Å²) in [6.45, 7) is 5.65. The molecule has 5 heteroatoms. The Labute approximate surface area is 88.5 Å². The Bertz CT molecular complexity index is 454. The summed E-state index contributed by atoms with van der Waals surface area (Å²) < 4.78 is 4.01. The SMILES string of the molecule is Cc1nccn1CCn1ncc(N)c1C. The van der Waals surface area contributed by atoms with Crippen LogP contribution in [0.4, 0.5) is 5.69 Å². The molecule has 2 rings (SSSR count). The van der Waals surface area contributed by atoms with Gasteiger partial charge in [0.2, 0.25) is 0 Å². The van der Waals surface area contributed by atoms with Crippen molar-refractivity contribution in [3.8, 4) is 0 Å². The minimum atomic E-state index is 0.748. The Morgan fingerprint density at radius 3 is 2.67 bits per heavy atom. The summed E-state index contributed by atoms with van der Waals surface area (Å²) in [5.41, 5.74) is 7.49. The molecule has 0 spiro atoms. The van der Waals surface area contributed by atoms with Gasteiger partial charge in [-0.2, -0.15) is 5.10 Å². The summed E-state index contributed by atoms with van der Waals surface area (Å²) in [6, 6.07) is 0. The van der Waals surface area contributed by atoms with E-state index in [1.165, 1.54) is 0 Å². The fourth-order valence-corrected chi connectivity index (χ4v) is 1.53. The molecule has 0 aliphatic rings. The molecule has 0 radical (unpaired) electrons. The highest BCUT2D eigenvalue weighted by molar-refractivity contribution is 5.39. The van der Waals surface area contributed by atoms with Gasteiger partial charge in [0.1, 0.15) is 5.82 Å². The average Bonchev–Trinajstić information content (AvgIpc) is 2.74. The van der Waals surface area contributed by atoms with E-state index in [2.05, 4.69) is 14.6 Å². The number of aryl methyl sites for hydroxylation is 3. The van der Waals surface area contributed by atoms with Crippen molar-refractivity contribution in [3.63, 3.8) is 0 Å². The number of aromatic nitrogens is 4. The van der Waals surface area contributed by atoms with Crippen LogP contribution in [0.25, 0.3) is 0 Å². The third-order valence-corrected chi connectivity index (χ3v) is 2.62. The number of hydrogen-bond acceptors (Lipinski definition) is 3. The molecule has 0 aliphatic carbocycles. The second-order valence-electron chi connectivity index (χ2n) is 3.58. The molecule has 0 aromatic carbocycles. The van der Waals surface area contributed by atoms with Crippen LogP contribution in [-0.2, 0) is 13.1 Å². The van der Waals surface area contributed by atoms with Gasteiger partial charge in [-0.1, -0.05) is 0 Å². The van der Waals surface area contributed by atoms with E-state index in [0.717, 1.165) is 30.3 Å². The molecular weight excluding hydrogens is 190 g/mol. The van der Waals surface area contributed by atoms with E-state index in [0.29, 0.717) is 0 Å². The summed E-state index contributed by atoms with van der Waals surface area (Å²) in [4.78, 5) is 4.17. The molecule has 0 atom stereocenters. The van der Waals surface area contributed by atoms with Gasteiger partial charge >= 0.3 is 0 Å². The fourth-order valence-electron chi connectivity index (χ4n) is 1.53. The summed E-state index contributed by atoms with van der Waals surface area (Å²) in [7, 11) is 0. The number of imidazole rings is 1. The van der Waals surface area contributed by atoms with Gasteiger partial charge in [-0.15, -0.1) is 0 Å². The number of nitrogens with two attached hydrogens (primary N) is 1. The maximum atomic E-state index is 5.72. The van der Waals surface area contributed by atoms with Crippen molar-refractivity contribution in [2.75, 3.05) is 5.73 Å². The Morgan fingerprint density at radius 1 is 1.33 bits per heavy atom. The van der Waals surface area contributed by atoms with Crippen molar-refractivity contribution in [1.29, 1.82) is 0 Å². The van der Waals surface area contributed by atoms with Gasteiger partial charge in [-0.3, -0.25) is 4.68 Å². The molecule has 0 fully saturated rings. The van der Waals surface area contributed by atoms with E-state index < -0.39 is 0 Å². The van der Waals surface area contributed by atoms with Gasteiger partial charge in [0.05, 0.1) is 24.1 Å². The highest BCUT2D eigenvalue weighted by atomic mass is 15.3. The van der Waals surface area contributed by atoms with E-state index in [1.807, 2.05) is 24.7 Å². The topological polar surface area (TPSA) is 61.7 Å². The molecule has 2 aromatic heterocycles. The molecule has 0 amide bonds. The van der Waals surface area contributed by atoms with Crippen LogP contribution in [0, 0.1) is 13.8 Å². The first kappa shape index (κ1) is 9.76. The first-order chi connectivity index (χ1) is 7.18. The van der Waals surface area contributed by atoms with Crippen LogP contribution < -0.4 is 5.73 Å². The van der Waals surface area contributed by atoms with E-state index in [-0.39, 0.29) is 0 Å². The van der Waals surface area contributed by atoms with Gasteiger partial charge in [0, 0.05) is 18.9 Å². The molecule has 80 valence electrons. The van der Waals surface area contributed by atoms with E-state index in [4.69, 9.17) is 5.73 Å². The van der Waals surface area contributed by atoms with Gasteiger partial charge < -0.3 is 10.3 Å². The largest absolute Gasteiger partial charge is 0.396 e. The van der Waals surface area contributed by atoms with E-state index in [9.17, 15) is 0 Å². The minimum absolute atomic E-state index is 0.748. The quantitative estimate of drug-likeness (QED) is 0.812. The Morgan fingerprint density at radius 2 is 2.13 bits per heavy atom. The third-order valence-electron chi connectivity index (χ3n) is 2.62. The number of nitrogens with zero attached hydrogens (tertiary/aromatic N) is 4. The van der Waals surface area contributed by atoms with Crippen LogP contribution in [0.15, 0.2) is 18.6 Å². The zero-order chi connectivity index (χ0) is 10.8. The Balaban J connectivity index is 2.05. The van der Waals surface area contributed by atoms with Crippen molar-refractivity contribution >= 4 is 5.69 Å². The van der Waals surface area contributed by atoms with Crippen LogP contribution in [0.3, 0.4) is 0 Å². The monoisotopic (exact) mass is 205 g/mol. The second-order valence-corrected chi connectivity index (χ2v) is 3.58. The lowest BCUT2D eigenvalue weighted by molar-refractivity contribution is 0.517. The van der Waals surface area contributed by atoms with Crippen LogP contribution >= 0.6 is 0 Å². The lowest BCUT2D eigenvalue weighted by Crippen LogP contribution is -2.10. The minimum Gasteiger partial charge on any atom is -0.396 e. The molecule has 0 saturated carbocycles. The highest BCUT2D eigenvalue weighted by Crippen LogP contribution is 2.08. The van der Waals surface area contributed by atoms with Crippen LogP contribution in [0.5, 0.6) is 0 Å². The maximum Gasteiger partial charge on any atom is 0.105 e. The summed E-state index contributed by atoms with van der Waals surface area (Å²) >= 11 is 0. The molecule has 0 saturated heterocycles. The standard InChI is InChI=1S/C10H15N5/c1-8-10(11)7-13-15(8)6-5-14-4-3-12-9(14)2/h3-4,7H,5-6,11H2,1-2H3. The molecule has 0 aliphatic heterocycles. The summed E-state index contributed by atoms with van der Waals surface area (Å²) in [6.07, 6.45) is 5.47. The maximum absolute atomic E-state index is 5.72. The molecule has 5 nitrogen and oxygen atoms in total. The first-order valence-corrected chi connectivity index (χ1v) is 4.94. The Kier molecular flexibility index (Phi) is 2.45. The average molecular weight is 205 g/mol. The predicted molar refractivity (Wildman–Crippen MR) is 58.3 cm³/mol. The van der Waals surface area contributed by atoms with Crippen LogP contribution in [-0.4, -0.2) is 19.3 Å². The van der Waals surface area contributed by atoms with E-state index >= 15 is 0 Å². The van der Waals surface area contributed by atoms with Crippen molar-refractivity contribution in [3.05, 3.63) is 30.1 Å². The molecule has 2 N–H and O–H groups in total. The van der Waals surface area contributed by atoms with Crippen LogP contribution in [0.1, 0.15) is 11.5 Å². The zero-order valence-corrected chi connectivity index (χ0v) is 9.01. The van der Waals surface area contributed by atoms with Crippen LogP contribution in [0.2, 0.25) is 0 Å². The summed E-state index contributed by atoms with van der Waals surface area (Å²) in [5.74, 6) is 1.02. The van der Waals surface area contributed by atoms with Crippen molar-refractivity contribution in [2.45, 2.75) is 26.9 Å². The number of hydrogen-bond donors (Lipinski definition) is 1. The Hall–Kier alpha value is -1.78. The van der Waals surface area contributed by atoms with E-state index in [1.54, 1.807) is 12.4 Å². The summed E-state index contributed by atoms with van der Waals surface area (Å²) in [5, 5.41) is 4.20. The van der Waals surface area contributed by atoms with Crippen molar-refractivity contribution in [1.82, 2.24) is 19.3 Å². The first-order valence-electron chi connectivity index (χ1n) is 4.94. The lowest BCUT2D eigenvalue weighted by Gasteiger charge is -2.06. The van der Waals surface area contributed by atoms with Crippen molar-refractivity contribution in [2.24, 2.45) is 0 Å². The third kappa shape index (κ3) is 1.86. The molecule has 2 heterocycles. The van der Waals surface area contributed by atoms with Gasteiger partial charge in [0.15, 0.2) is 0 Å². The number of anilines is 1. The molecule has 15 heavy (non-hydrogen) atoms. The number of nitrogen functional groups attached to an aromatic ring is 1. The molecule has 2 aromatic rings. The van der Waals surface area contributed by atoms with Gasteiger partial charge in [-0.05, 0) is 13.8 Å². The van der Waals surface area contributed by atoms with Crippen molar-refractivity contribution < 1.29 is 0 Å². The van der Waals surface area contributed by atoms with Gasteiger partial charge in [-0.25, -0.2) is 4.98 Å². The highest BCUT2D eigenvalue weighted by Gasteiger charge is 2.03. The fraction of sp³-hybridized carbons (Fsp3) is 0.400. The smallest absolute Gasteiger partial charge is 0.105 e. The normalized spacial score (nSPS) is 10.8. The molecule has 0 bridgehead atoms. The zero-order valence-electron chi connectivity index (χ0n) is 9.01. The molecule has 0 unspecified atom stereocenters. The number of rotatable bonds is 3. The predicted octanol–water partition coefficient (Wildman–Crippen LogP) is 0.979. The lowest BCUT2D eigenvalue weighted by atomic mass is 10.4. The molecular formula is C10H15N5.